The third kappa shape index (κ3) is 7.33. The molecule has 0 atom stereocenters. The van der Waals surface area contributed by atoms with Crippen molar-refractivity contribution in [2.75, 3.05) is 6.61 Å². The fraction of sp³-hybridized carbons (Fsp3) is 0.579. The first-order chi connectivity index (χ1) is 11.8. The van der Waals surface area contributed by atoms with E-state index < -0.39 is 23.3 Å². The fourth-order valence-corrected chi connectivity index (χ4v) is 2.35. The summed E-state index contributed by atoms with van der Waals surface area (Å²) < 4.78 is 21.9. The van der Waals surface area contributed by atoms with Crippen LogP contribution in [0.2, 0.25) is 0 Å². The molecule has 0 spiro atoms. The van der Waals surface area contributed by atoms with Gasteiger partial charge >= 0.3 is 12.1 Å². The molecule has 26 heavy (non-hydrogen) atoms. The SMILES string of the molecule is CCOCc1ccc(Br)c(OC(=O)OC(C)(C)C)c1C(=O)OC(C)(C)C. The van der Waals surface area contributed by atoms with E-state index in [4.69, 9.17) is 18.9 Å². The Bertz CT molecular complexity index is 655. The predicted molar refractivity (Wildman–Crippen MR) is 102 cm³/mol. The molecule has 0 heterocycles. The van der Waals surface area contributed by atoms with Gasteiger partial charge in [-0.25, -0.2) is 9.59 Å². The van der Waals surface area contributed by atoms with Crippen molar-refractivity contribution in [1.29, 1.82) is 0 Å². The van der Waals surface area contributed by atoms with Gasteiger partial charge in [0.15, 0.2) is 5.75 Å². The molecule has 7 heteroatoms. The minimum Gasteiger partial charge on any atom is -0.456 e. The van der Waals surface area contributed by atoms with Crippen LogP contribution in [0.25, 0.3) is 0 Å². The molecule has 0 fully saturated rings. The Morgan fingerprint density at radius 1 is 1.00 bits per heavy atom. The standard InChI is InChI=1S/C19H27BrO6/c1-8-23-11-12-9-10-13(20)15(24-17(22)26-19(5,6)7)14(12)16(21)25-18(2,3)4/h9-10H,8,11H2,1-7H3. The molecule has 1 rings (SSSR count). The summed E-state index contributed by atoms with van der Waals surface area (Å²) in [4.78, 5) is 24.9. The maximum Gasteiger partial charge on any atom is 0.514 e. The summed E-state index contributed by atoms with van der Waals surface area (Å²) in [5.41, 5.74) is -0.735. The Labute approximate surface area is 163 Å². The smallest absolute Gasteiger partial charge is 0.456 e. The minimum absolute atomic E-state index is 0.0469. The van der Waals surface area contributed by atoms with Crippen molar-refractivity contribution in [3.8, 4) is 5.75 Å². The zero-order valence-electron chi connectivity index (χ0n) is 16.4. The fourth-order valence-electron chi connectivity index (χ4n) is 1.94. The topological polar surface area (TPSA) is 71.1 Å². The first kappa shape index (κ1) is 22.4. The molecule has 0 saturated heterocycles. The summed E-state index contributed by atoms with van der Waals surface area (Å²) >= 11 is 3.32. The number of halogens is 1. The number of hydrogen-bond acceptors (Lipinski definition) is 6. The van der Waals surface area contributed by atoms with Gasteiger partial charge in [-0.1, -0.05) is 6.07 Å². The van der Waals surface area contributed by atoms with Crippen LogP contribution in [0.5, 0.6) is 5.75 Å². The highest BCUT2D eigenvalue weighted by atomic mass is 79.9. The average molecular weight is 431 g/mol. The summed E-state index contributed by atoms with van der Waals surface area (Å²) in [5.74, 6) is -0.558. The van der Waals surface area contributed by atoms with E-state index in [1.54, 1.807) is 53.7 Å². The Balaban J connectivity index is 3.32. The van der Waals surface area contributed by atoms with Crippen LogP contribution in [0.4, 0.5) is 4.79 Å². The van der Waals surface area contributed by atoms with Crippen molar-refractivity contribution in [1.82, 2.24) is 0 Å². The molecular formula is C19H27BrO6. The zero-order valence-corrected chi connectivity index (χ0v) is 18.0. The van der Waals surface area contributed by atoms with E-state index in [0.29, 0.717) is 16.6 Å². The molecule has 0 N–H and O–H groups in total. The molecule has 0 aliphatic carbocycles. The summed E-state index contributed by atoms with van der Waals surface area (Å²) in [6.07, 6.45) is -0.906. The number of rotatable bonds is 5. The summed E-state index contributed by atoms with van der Waals surface area (Å²) in [5, 5.41) is 0. The van der Waals surface area contributed by atoms with Crippen LogP contribution in [-0.4, -0.2) is 29.9 Å². The van der Waals surface area contributed by atoms with Gasteiger partial charge in [-0.2, -0.15) is 0 Å². The predicted octanol–water partition coefficient (Wildman–Crippen LogP) is 5.25. The van der Waals surface area contributed by atoms with Gasteiger partial charge in [-0.3, -0.25) is 0 Å². The number of carbonyl (C=O) groups excluding carboxylic acids is 2. The molecule has 0 aliphatic heterocycles. The van der Waals surface area contributed by atoms with Gasteiger partial charge in [0, 0.05) is 6.61 Å². The van der Waals surface area contributed by atoms with Gasteiger partial charge in [0.2, 0.25) is 0 Å². The van der Waals surface area contributed by atoms with E-state index in [1.165, 1.54) is 0 Å². The van der Waals surface area contributed by atoms with Gasteiger partial charge in [-0.05, 0) is 76.0 Å². The Kier molecular flexibility index (Phi) is 7.65. The first-order valence-electron chi connectivity index (χ1n) is 8.37. The summed E-state index contributed by atoms with van der Waals surface area (Å²) in [7, 11) is 0. The van der Waals surface area contributed by atoms with Crippen LogP contribution in [0.1, 0.15) is 64.4 Å². The highest BCUT2D eigenvalue weighted by Gasteiger charge is 2.28. The van der Waals surface area contributed by atoms with E-state index in [-0.39, 0.29) is 17.9 Å². The second kappa shape index (κ2) is 8.86. The van der Waals surface area contributed by atoms with Crippen LogP contribution < -0.4 is 4.74 Å². The number of carbonyl (C=O) groups is 2. The molecule has 146 valence electrons. The van der Waals surface area contributed by atoms with Crippen molar-refractivity contribution in [3.63, 3.8) is 0 Å². The molecule has 0 aromatic heterocycles. The molecular weight excluding hydrogens is 404 g/mol. The van der Waals surface area contributed by atoms with Crippen LogP contribution in [0.15, 0.2) is 16.6 Å². The molecule has 1 aromatic rings. The largest absolute Gasteiger partial charge is 0.514 e. The van der Waals surface area contributed by atoms with Crippen molar-refractivity contribution >= 4 is 28.1 Å². The van der Waals surface area contributed by atoms with Crippen molar-refractivity contribution in [3.05, 3.63) is 27.7 Å². The monoisotopic (exact) mass is 430 g/mol. The van der Waals surface area contributed by atoms with Crippen LogP contribution in [0.3, 0.4) is 0 Å². The minimum atomic E-state index is -0.906. The molecule has 0 amide bonds. The molecule has 0 unspecified atom stereocenters. The number of ether oxygens (including phenoxy) is 4. The van der Waals surface area contributed by atoms with Crippen LogP contribution in [0, 0.1) is 0 Å². The van der Waals surface area contributed by atoms with Gasteiger partial charge in [0.25, 0.3) is 0 Å². The molecule has 0 saturated carbocycles. The lowest BCUT2D eigenvalue weighted by molar-refractivity contribution is 0.00555. The third-order valence-electron chi connectivity index (χ3n) is 2.84. The Hall–Kier alpha value is -1.60. The maximum atomic E-state index is 12.8. The number of benzene rings is 1. The molecule has 6 nitrogen and oxygen atoms in total. The van der Waals surface area contributed by atoms with E-state index >= 15 is 0 Å². The van der Waals surface area contributed by atoms with Gasteiger partial charge in [0.05, 0.1) is 11.1 Å². The van der Waals surface area contributed by atoms with Crippen molar-refractivity contribution in [2.24, 2.45) is 0 Å². The quantitative estimate of drug-likeness (QED) is 0.468. The highest BCUT2D eigenvalue weighted by molar-refractivity contribution is 9.10. The molecule has 0 bridgehead atoms. The summed E-state index contributed by atoms with van der Waals surface area (Å²) in [6, 6.07) is 3.41. The second-order valence-electron chi connectivity index (χ2n) is 7.62. The maximum absolute atomic E-state index is 12.8. The second-order valence-corrected chi connectivity index (χ2v) is 8.47. The van der Waals surface area contributed by atoms with Gasteiger partial charge in [-0.15, -0.1) is 0 Å². The van der Waals surface area contributed by atoms with E-state index in [2.05, 4.69) is 15.9 Å². The van der Waals surface area contributed by atoms with E-state index in [1.807, 2.05) is 6.92 Å². The third-order valence-corrected chi connectivity index (χ3v) is 3.46. The lowest BCUT2D eigenvalue weighted by Crippen LogP contribution is -2.28. The average Bonchev–Trinajstić information content (AvgIpc) is 2.43. The van der Waals surface area contributed by atoms with Gasteiger partial charge in [0.1, 0.15) is 16.8 Å². The zero-order chi connectivity index (χ0) is 20.1. The molecule has 1 aromatic carbocycles. The van der Waals surface area contributed by atoms with E-state index in [9.17, 15) is 9.59 Å². The lowest BCUT2D eigenvalue weighted by atomic mass is 10.1. The lowest BCUT2D eigenvalue weighted by Gasteiger charge is -2.23. The van der Waals surface area contributed by atoms with Gasteiger partial charge < -0.3 is 18.9 Å². The Morgan fingerprint density at radius 2 is 1.58 bits per heavy atom. The Morgan fingerprint density at radius 3 is 2.08 bits per heavy atom. The normalized spacial score (nSPS) is 11.8. The molecule has 0 radical (unpaired) electrons. The van der Waals surface area contributed by atoms with Crippen molar-refractivity contribution < 1.29 is 28.5 Å². The summed E-state index contributed by atoms with van der Waals surface area (Å²) in [6.45, 7) is 13.0. The van der Waals surface area contributed by atoms with Crippen molar-refractivity contribution in [2.45, 2.75) is 66.3 Å². The number of esters is 1. The highest BCUT2D eigenvalue weighted by Crippen LogP contribution is 2.34. The number of hydrogen-bond donors (Lipinski definition) is 0. The first-order valence-corrected chi connectivity index (χ1v) is 9.16. The molecule has 0 aliphatic rings. The van der Waals surface area contributed by atoms with Crippen LogP contribution in [-0.2, 0) is 20.8 Å². The van der Waals surface area contributed by atoms with E-state index in [0.717, 1.165) is 0 Å². The van der Waals surface area contributed by atoms with Crippen LogP contribution >= 0.6 is 15.9 Å².